The maximum Gasteiger partial charge on any atom is 0.352 e. The lowest BCUT2D eigenvalue weighted by Crippen LogP contribution is -2.61. The van der Waals surface area contributed by atoms with Gasteiger partial charge in [0.05, 0.1) is 16.3 Å². The number of amides is 2. The molecule has 0 aromatic carbocycles. The Kier molecular flexibility index (Phi) is 7.70. The normalized spacial score (nSPS) is 25.5. The molecule has 4 heterocycles. The Hall–Kier alpha value is -1.58. The minimum Gasteiger partial charge on any atom is -0.477 e. The van der Waals surface area contributed by atoms with Crippen molar-refractivity contribution in [1.82, 2.24) is 20.1 Å². The summed E-state index contributed by atoms with van der Waals surface area (Å²) in [5, 5.41) is 14.1. The number of thioether (sulfide) groups is 2. The lowest BCUT2D eigenvalue weighted by molar-refractivity contribution is -0.151. The highest BCUT2D eigenvalue weighted by atomic mass is 32.2. The molecule has 4 atom stereocenters. The summed E-state index contributed by atoms with van der Waals surface area (Å²) in [4.78, 5) is 44.2. The van der Waals surface area contributed by atoms with Gasteiger partial charge in [-0.1, -0.05) is 30.0 Å². The van der Waals surface area contributed by atoms with Crippen LogP contribution in [0.25, 0.3) is 0 Å². The number of carbonyl (C=O) groups excluding carboxylic acids is 2. The minimum absolute atomic E-state index is 0.0700. The van der Waals surface area contributed by atoms with Gasteiger partial charge < -0.3 is 10.4 Å². The van der Waals surface area contributed by atoms with Gasteiger partial charge >= 0.3 is 5.97 Å². The molecular weight excluding hydrogens is 523 g/mol. The highest BCUT2D eigenvalue weighted by molar-refractivity contribution is 8.38. The Morgan fingerprint density at radius 2 is 2.24 bits per heavy atom. The third kappa shape index (κ3) is 5.25. The fraction of sp³-hybridized carbons (Fsp3) is 0.421. The molecule has 0 radical (unpaired) electrons. The van der Waals surface area contributed by atoms with Crippen LogP contribution in [0.2, 0.25) is 0 Å². The van der Waals surface area contributed by atoms with E-state index in [1.54, 1.807) is 29.2 Å². The van der Waals surface area contributed by atoms with Crippen molar-refractivity contribution in [2.75, 3.05) is 11.5 Å². The molecule has 0 aliphatic carbocycles. The second-order valence-corrected chi connectivity index (χ2v) is 12.3. The van der Waals surface area contributed by atoms with E-state index in [-0.39, 0.29) is 35.0 Å². The molecule has 4 unspecified atom stereocenters. The van der Waals surface area contributed by atoms with Crippen LogP contribution in [0.1, 0.15) is 24.8 Å². The molecule has 9 nitrogen and oxygen atoms in total. The van der Waals surface area contributed by atoms with Crippen LogP contribution in [-0.4, -0.2) is 64.6 Å². The first-order valence-corrected chi connectivity index (χ1v) is 14.0. The first-order valence-electron chi connectivity index (χ1n) is 9.93. The number of β-lactam (4-membered cyclic amide) rings is 1. The number of aliphatic carboxylic acids is 1. The largest absolute Gasteiger partial charge is 0.477 e. The van der Waals surface area contributed by atoms with Crippen LogP contribution in [0.4, 0.5) is 0 Å². The molecule has 4 rings (SSSR count). The van der Waals surface area contributed by atoms with Crippen molar-refractivity contribution in [1.29, 1.82) is 0 Å². The van der Waals surface area contributed by atoms with Crippen molar-refractivity contribution < 1.29 is 19.5 Å². The number of fused-ring (bicyclic) bond motifs is 1. The van der Waals surface area contributed by atoms with Gasteiger partial charge in [-0.25, -0.2) is 9.79 Å². The number of aliphatic imine (C=N–C) groups is 1. The molecule has 2 amide bonds. The number of carbonyl (C=O) groups is 3. The monoisotopic (exact) mass is 543 g/mol. The van der Waals surface area contributed by atoms with E-state index in [2.05, 4.69) is 15.7 Å². The van der Waals surface area contributed by atoms with E-state index in [9.17, 15) is 19.5 Å². The number of thiophene rings is 1. The molecule has 3 N–H and O–H groups in total. The Balaban J connectivity index is 1.31. The molecule has 1 aromatic heterocycles. The molecule has 3 aliphatic heterocycles. The summed E-state index contributed by atoms with van der Waals surface area (Å²) in [6.45, 7) is 3.60. The number of hydrogen-bond acceptors (Lipinski definition) is 10. The lowest BCUT2D eigenvalue weighted by Gasteiger charge is -2.48. The number of hydrazine groups is 1. The number of nitrogens with zero attached hydrogens (tertiary/aromatic N) is 3. The summed E-state index contributed by atoms with van der Waals surface area (Å²) in [6, 6.07) is 3.17. The van der Waals surface area contributed by atoms with Crippen molar-refractivity contribution in [3.8, 4) is 0 Å². The third-order valence-corrected chi connectivity index (χ3v) is 9.63. The molecule has 0 spiro atoms. The van der Waals surface area contributed by atoms with Crippen LogP contribution < -0.4 is 10.7 Å². The zero-order chi connectivity index (χ0) is 23.7. The van der Waals surface area contributed by atoms with Gasteiger partial charge in [-0.2, -0.15) is 0 Å². The summed E-state index contributed by atoms with van der Waals surface area (Å²) in [5.74, 6) is -0.665. The number of thiocarbonyl (C=S) groups is 1. The first-order chi connectivity index (χ1) is 15.8. The van der Waals surface area contributed by atoms with Gasteiger partial charge in [-0.15, -0.1) is 27.5 Å². The van der Waals surface area contributed by atoms with E-state index in [1.807, 2.05) is 24.4 Å². The average Bonchev–Trinajstić information content (AvgIpc) is 3.41. The molecule has 14 heteroatoms. The molecule has 0 saturated carbocycles. The maximum atomic E-state index is 12.9. The number of nitrogens with one attached hydrogen (secondary N) is 2. The van der Waals surface area contributed by atoms with Gasteiger partial charge in [0, 0.05) is 28.3 Å². The first kappa shape index (κ1) is 24.5. The van der Waals surface area contributed by atoms with Gasteiger partial charge in [0.2, 0.25) is 5.91 Å². The van der Waals surface area contributed by atoms with Crippen LogP contribution >= 0.6 is 59.0 Å². The molecule has 176 valence electrons. The Morgan fingerprint density at radius 1 is 1.45 bits per heavy atom. The predicted molar refractivity (Wildman–Crippen MR) is 138 cm³/mol. The molecule has 0 bridgehead atoms. The van der Waals surface area contributed by atoms with Crippen molar-refractivity contribution in [3.63, 3.8) is 0 Å². The third-order valence-electron chi connectivity index (χ3n) is 5.03. The maximum absolute atomic E-state index is 12.9. The van der Waals surface area contributed by atoms with Crippen molar-refractivity contribution in [2.45, 2.75) is 31.4 Å². The average molecular weight is 544 g/mol. The van der Waals surface area contributed by atoms with Gasteiger partial charge in [0.1, 0.15) is 22.3 Å². The number of rotatable bonds is 7. The fourth-order valence-corrected chi connectivity index (χ4v) is 7.98. The zero-order valence-electron chi connectivity index (χ0n) is 17.6. The summed E-state index contributed by atoms with van der Waals surface area (Å²) in [7, 11) is 0. The van der Waals surface area contributed by atoms with Crippen LogP contribution in [0.5, 0.6) is 0 Å². The molecule has 1 aromatic rings. The summed E-state index contributed by atoms with van der Waals surface area (Å²) in [6.07, 6.45) is 1.30. The van der Waals surface area contributed by atoms with Crippen molar-refractivity contribution in [2.24, 2.45) is 10.9 Å². The number of carboxylic acids is 1. The summed E-state index contributed by atoms with van der Waals surface area (Å²) in [5.41, 5.74) is 2.97. The lowest BCUT2D eigenvalue weighted by atomic mass is 9.99. The van der Waals surface area contributed by atoms with Crippen molar-refractivity contribution in [3.05, 3.63) is 34.2 Å². The molecule has 3 aliphatic rings. The van der Waals surface area contributed by atoms with E-state index in [0.717, 1.165) is 9.25 Å². The van der Waals surface area contributed by atoms with Gasteiger partial charge in [-0.3, -0.25) is 19.9 Å². The standard InChI is InChI=1S/C19H21N5O4S5/c1-9-20-19(32-8-11-16(26)23-12(18(27)28)5-7-31-17(11)23)33-24(9)22-15(25)14(21-10(2)29)13-4-3-6-30-13/h3-6,9,11,14,17H,7-8H2,1-2H3,(H,21,29)(H,22,25)(H,27,28). The van der Waals surface area contributed by atoms with E-state index >= 15 is 0 Å². The molecular formula is C19H21N5O4S5. The van der Waals surface area contributed by atoms with Crippen LogP contribution in [-0.2, 0) is 14.4 Å². The van der Waals surface area contributed by atoms with E-state index < -0.39 is 12.0 Å². The van der Waals surface area contributed by atoms with E-state index in [4.69, 9.17) is 12.2 Å². The number of hydrogen-bond donors (Lipinski definition) is 3. The zero-order valence-corrected chi connectivity index (χ0v) is 21.7. The van der Waals surface area contributed by atoms with Crippen molar-refractivity contribution >= 4 is 86.2 Å². The minimum atomic E-state index is -1.07. The second kappa shape index (κ2) is 10.4. The molecule has 1 fully saturated rings. The Bertz CT molecular complexity index is 1030. The fourth-order valence-electron chi connectivity index (χ4n) is 3.47. The Morgan fingerprint density at radius 3 is 2.91 bits per heavy atom. The predicted octanol–water partition coefficient (Wildman–Crippen LogP) is 2.66. The van der Waals surface area contributed by atoms with E-state index in [1.165, 1.54) is 39.9 Å². The Labute approximate surface area is 212 Å². The van der Waals surface area contributed by atoms with Crippen LogP contribution in [0, 0.1) is 5.92 Å². The van der Waals surface area contributed by atoms with Gasteiger partial charge in [0.15, 0.2) is 0 Å². The van der Waals surface area contributed by atoms with E-state index in [0.29, 0.717) is 16.5 Å². The summed E-state index contributed by atoms with van der Waals surface area (Å²) < 4.78 is 2.43. The SMILES string of the molecule is CC(=S)NC(C(=O)NN1SC(SCC2C(=O)N3C(C(=O)O)=CCSC23)=NC1C)c1cccs1. The highest BCUT2D eigenvalue weighted by Crippen LogP contribution is 2.44. The van der Waals surface area contributed by atoms with Gasteiger partial charge in [-0.05, 0) is 31.4 Å². The second-order valence-electron chi connectivity index (χ2n) is 7.31. The topological polar surface area (TPSA) is 114 Å². The van der Waals surface area contributed by atoms with Gasteiger partial charge in [0.25, 0.3) is 5.91 Å². The highest BCUT2D eigenvalue weighted by Gasteiger charge is 2.51. The van der Waals surface area contributed by atoms with Crippen LogP contribution in [0.15, 0.2) is 34.3 Å². The molecule has 1 saturated heterocycles. The van der Waals surface area contributed by atoms with Crippen LogP contribution in [0.3, 0.4) is 0 Å². The molecule has 33 heavy (non-hydrogen) atoms. The quantitative estimate of drug-likeness (QED) is 0.269. The summed E-state index contributed by atoms with van der Waals surface area (Å²) >= 11 is 10.9. The number of carboxylic acid groups (broad SMARTS) is 1. The smallest absolute Gasteiger partial charge is 0.352 e.